The Kier molecular flexibility index (Phi) is 4.76. The van der Waals surface area contributed by atoms with Crippen LogP contribution >= 0.6 is 0 Å². The molecule has 132 valence electrons. The van der Waals surface area contributed by atoms with Crippen molar-refractivity contribution in [1.29, 1.82) is 0 Å². The van der Waals surface area contributed by atoms with Crippen LogP contribution in [-0.2, 0) is 9.84 Å². The van der Waals surface area contributed by atoms with E-state index in [-0.39, 0.29) is 29.5 Å². The number of hydrogen-bond acceptors (Lipinski definition) is 6. The zero-order chi connectivity index (χ0) is 17.3. The molecule has 7 nitrogen and oxygen atoms in total. The van der Waals surface area contributed by atoms with E-state index >= 15 is 0 Å². The highest BCUT2D eigenvalue weighted by molar-refractivity contribution is 7.91. The molecule has 1 unspecified atom stereocenters. The monoisotopic (exact) mass is 352 g/mol. The summed E-state index contributed by atoms with van der Waals surface area (Å²) in [5, 5.41) is 3.03. The van der Waals surface area contributed by atoms with Crippen molar-refractivity contribution in [3.8, 4) is 0 Å². The minimum absolute atomic E-state index is 0.115. The van der Waals surface area contributed by atoms with Gasteiger partial charge in [-0.1, -0.05) is 12.8 Å². The molecule has 1 atom stereocenters. The Morgan fingerprint density at radius 2 is 1.96 bits per heavy atom. The van der Waals surface area contributed by atoms with Crippen LogP contribution in [0.2, 0.25) is 0 Å². The molecule has 1 aliphatic carbocycles. The van der Waals surface area contributed by atoms with Crippen molar-refractivity contribution in [2.75, 3.05) is 23.5 Å². The van der Waals surface area contributed by atoms with Crippen LogP contribution in [-0.4, -0.2) is 54.9 Å². The molecule has 1 amide bonds. The van der Waals surface area contributed by atoms with Crippen LogP contribution < -0.4 is 10.2 Å². The summed E-state index contributed by atoms with van der Waals surface area (Å²) in [7, 11) is -1.19. The van der Waals surface area contributed by atoms with Crippen molar-refractivity contribution in [3.63, 3.8) is 0 Å². The van der Waals surface area contributed by atoms with Crippen LogP contribution in [0, 0.1) is 6.92 Å². The lowest BCUT2D eigenvalue weighted by Gasteiger charge is -2.24. The highest BCUT2D eigenvalue weighted by atomic mass is 32.2. The lowest BCUT2D eigenvalue weighted by Crippen LogP contribution is -2.36. The molecule has 0 aromatic carbocycles. The average molecular weight is 352 g/mol. The van der Waals surface area contributed by atoms with Crippen molar-refractivity contribution in [2.24, 2.45) is 0 Å². The number of sulfone groups is 1. The fourth-order valence-electron chi connectivity index (χ4n) is 3.40. The summed E-state index contributed by atoms with van der Waals surface area (Å²) < 4.78 is 23.4. The number of aromatic nitrogens is 2. The molecule has 8 heteroatoms. The highest BCUT2D eigenvalue weighted by Crippen LogP contribution is 2.21. The number of carbonyl (C=O) groups excluding carboxylic acids is 1. The number of nitrogens with zero attached hydrogens (tertiary/aromatic N) is 3. The maximum atomic E-state index is 12.4. The summed E-state index contributed by atoms with van der Waals surface area (Å²) in [6.07, 6.45) is 4.90. The number of hydrogen-bond donors (Lipinski definition) is 1. The molecule has 24 heavy (non-hydrogen) atoms. The summed E-state index contributed by atoms with van der Waals surface area (Å²) >= 11 is 0. The quantitative estimate of drug-likeness (QED) is 0.872. The molecule has 1 aromatic heterocycles. The van der Waals surface area contributed by atoms with Crippen molar-refractivity contribution in [3.05, 3.63) is 17.5 Å². The molecule has 1 aliphatic heterocycles. The Bertz CT molecular complexity index is 729. The first kappa shape index (κ1) is 17.1. The van der Waals surface area contributed by atoms with Crippen molar-refractivity contribution in [1.82, 2.24) is 15.3 Å². The summed E-state index contributed by atoms with van der Waals surface area (Å²) in [5.41, 5.74) is 1.04. The van der Waals surface area contributed by atoms with Gasteiger partial charge in [0.2, 0.25) is 5.95 Å². The molecule has 2 heterocycles. The molecule has 0 spiro atoms. The van der Waals surface area contributed by atoms with Gasteiger partial charge in [-0.05, 0) is 32.3 Å². The first-order chi connectivity index (χ1) is 11.3. The third-order valence-corrected chi connectivity index (χ3v) is 6.59. The number of nitrogens with one attached hydrogen (secondary N) is 1. The van der Waals surface area contributed by atoms with Gasteiger partial charge in [0.15, 0.2) is 9.84 Å². The molecule has 1 aromatic rings. The molecule has 2 fully saturated rings. The van der Waals surface area contributed by atoms with E-state index in [9.17, 15) is 13.2 Å². The zero-order valence-electron chi connectivity index (χ0n) is 14.2. The molecular formula is C16H24N4O3S. The van der Waals surface area contributed by atoms with E-state index in [0.717, 1.165) is 25.7 Å². The summed E-state index contributed by atoms with van der Waals surface area (Å²) in [4.78, 5) is 23.0. The van der Waals surface area contributed by atoms with Crippen LogP contribution in [0.3, 0.4) is 0 Å². The van der Waals surface area contributed by atoms with Crippen molar-refractivity contribution >= 4 is 21.7 Å². The van der Waals surface area contributed by atoms with Gasteiger partial charge in [-0.25, -0.2) is 18.4 Å². The number of aryl methyl sites for hydroxylation is 1. The lowest BCUT2D eigenvalue weighted by atomic mass is 10.2. The Morgan fingerprint density at radius 3 is 2.58 bits per heavy atom. The third-order valence-electron chi connectivity index (χ3n) is 4.84. The standard InChI is InChI=1S/C16H24N4O3S/c1-11-9-14(15(21)18-12-5-3-4-6-12)19-16(17-11)20(2)13-7-8-24(22,23)10-13/h9,12-13H,3-8,10H2,1-2H3,(H,18,21). The van der Waals surface area contributed by atoms with E-state index in [1.165, 1.54) is 0 Å². The third kappa shape index (κ3) is 3.85. The Labute approximate surface area is 142 Å². The molecule has 1 saturated carbocycles. The molecular weight excluding hydrogens is 328 g/mol. The van der Waals surface area contributed by atoms with Crippen LogP contribution in [0.15, 0.2) is 6.07 Å². The minimum Gasteiger partial charge on any atom is -0.348 e. The Hall–Kier alpha value is -1.70. The van der Waals surface area contributed by atoms with E-state index in [1.807, 2.05) is 6.92 Å². The second-order valence-electron chi connectivity index (χ2n) is 6.82. The van der Waals surface area contributed by atoms with Gasteiger partial charge in [0.1, 0.15) is 5.69 Å². The van der Waals surface area contributed by atoms with Gasteiger partial charge in [0.25, 0.3) is 5.91 Å². The largest absolute Gasteiger partial charge is 0.348 e. The predicted octanol–water partition coefficient (Wildman–Crippen LogP) is 1.08. The zero-order valence-corrected chi connectivity index (χ0v) is 15.0. The Balaban J connectivity index is 1.76. The SMILES string of the molecule is Cc1cc(C(=O)NC2CCCC2)nc(N(C)C2CCS(=O)(=O)C2)n1. The highest BCUT2D eigenvalue weighted by Gasteiger charge is 2.32. The number of carbonyl (C=O) groups is 1. The fourth-order valence-corrected chi connectivity index (χ4v) is 5.17. The second-order valence-corrected chi connectivity index (χ2v) is 9.05. The second kappa shape index (κ2) is 6.66. The smallest absolute Gasteiger partial charge is 0.270 e. The number of rotatable bonds is 4. The van der Waals surface area contributed by atoms with Gasteiger partial charge in [-0.3, -0.25) is 4.79 Å². The van der Waals surface area contributed by atoms with E-state index < -0.39 is 9.84 Å². The number of amides is 1. The van der Waals surface area contributed by atoms with Gasteiger partial charge in [-0.15, -0.1) is 0 Å². The first-order valence-electron chi connectivity index (χ1n) is 8.44. The lowest BCUT2D eigenvalue weighted by molar-refractivity contribution is 0.0932. The van der Waals surface area contributed by atoms with E-state index in [2.05, 4.69) is 15.3 Å². The summed E-state index contributed by atoms with van der Waals surface area (Å²) in [5.74, 6) is 0.544. The minimum atomic E-state index is -2.98. The van der Waals surface area contributed by atoms with E-state index in [4.69, 9.17) is 0 Å². The molecule has 0 radical (unpaired) electrons. The van der Waals surface area contributed by atoms with Gasteiger partial charge >= 0.3 is 0 Å². The number of anilines is 1. The molecule has 3 rings (SSSR count). The average Bonchev–Trinajstić information content (AvgIpc) is 3.15. The van der Waals surface area contributed by atoms with Gasteiger partial charge in [-0.2, -0.15) is 0 Å². The van der Waals surface area contributed by atoms with E-state index in [1.54, 1.807) is 18.0 Å². The predicted molar refractivity (Wildman–Crippen MR) is 92.0 cm³/mol. The van der Waals surface area contributed by atoms with Crippen LogP contribution in [0.1, 0.15) is 48.3 Å². The van der Waals surface area contributed by atoms with Gasteiger partial charge in [0, 0.05) is 24.8 Å². The summed E-state index contributed by atoms with van der Waals surface area (Å²) in [6.45, 7) is 1.82. The summed E-state index contributed by atoms with van der Waals surface area (Å²) in [6, 6.07) is 1.77. The fraction of sp³-hybridized carbons (Fsp3) is 0.688. The molecule has 2 aliphatic rings. The maximum absolute atomic E-state index is 12.4. The van der Waals surface area contributed by atoms with Crippen LogP contribution in [0.25, 0.3) is 0 Å². The topological polar surface area (TPSA) is 92.3 Å². The Morgan fingerprint density at radius 1 is 1.25 bits per heavy atom. The first-order valence-corrected chi connectivity index (χ1v) is 10.3. The van der Waals surface area contributed by atoms with Crippen LogP contribution in [0.4, 0.5) is 5.95 Å². The van der Waals surface area contributed by atoms with Gasteiger partial charge in [0.05, 0.1) is 11.5 Å². The van der Waals surface area contributed by atoms with E-state index in [0.29, 0.717) is 23.8 Å². The molecule has 1 saturated heterocycles. The molecule has 1 N–H and O–H groups in total. The normalized spacial score (nSPS) is 23.3. The maximum Gasteiger partial charge on any atom is 0.270 e. The molecule has 0 bridgehead atoms. The van der Waals surface area contributed by atoms with Crippen molar-refractivity contribution in [2.45, 2.75) is 51.1 Å². The van der Waals surface area contributed by atoms with Gasteiger partial charge < -0.3 is 10.2 Å². The van der Waals surface area contributed by atoms with Crippen LogP contribution in [0.5, 0.6) is 0 Å². The van der Waals surface area contributed by atoms with Crippen molar-refractivity contribution < 1.29 is 13.2 Å².